The van der Waals surface area contributed by atoms with Crippen molar-refractivity contribution in [3.8, 4) is 11.5 Å². The zero-order valence-corrected chi connectivity index (χ0v) is 17.7. The molecule has 0 bridgehead atoms. The lowest BCUT2D eigenvalue weighted by Crippen LogP contribution is -2.47. The summed E-state index contributed by atoms with van der Waals surface area (Å²) in [5, 5.41) is 11.2. The normalized spacial score (nSPS) is 19.6. The number of hydrogen-bond acceptors (Lipinski definition) is 7. The van der Waals surface area contributed by atoms with Crippen molar-refractivity contribution in [3.63, 3.8) is 0 Å². The molecule has 166 valence electrons. The van der Waals surface area contributed by atoms with Gasteiger partial charge in [-0.25, -0.2) is 0 Å². The highest BCUT2D eigenvalue weighted by atomic mass is 16.6. The van der Waals surface area contributed by atoms with Crippen molar-refractivity contribution in [1.82, 2.24) is 0 Å². The standard InChI is InChI=1S/C22H21N3O7/c1-4-18-22(28)24(16-10-14(25(29)30)6-8-20(16)32-18)11-17(26)13-5-7-19-15(9-13)23(3)21(27)12(2)31-19/h5-10,12,18H,4,11H2,1-3H3. The van der Waals surface area contributed by atoms with Gasteiger partial charge in [-0.1, -0.05) is 6.92 Å². The summed E-state index contributed by atoms with van der Waals surface area (Å²) in [7, 11) is 1.60. The number of carbonyl (C=O) groups excluding carboxylic acids is 3. The number of rotatable bonds is 5. The van der Waals surface area contributed by atoms with Gasteiger partial charge in [0.1, 0.15) is 11.5 Å². The number of amides is 2. The van der Waals surface area contributed by atoms with Gasteiger partial charge in [0, 0.05) is 24.7 Å². The van der Waals surface area contributed by atoms with Crippen LogP contribution in [0.5, 0.6) is 11.5 Å². The number of hydrogen-bond donors (Lipinski definition) is 0. The van der Waals surface area contributed by atoms with Crippen molar-refractivity contribution in [3.05, 3.63) is 52.1 Å². The number of ketones is 1. The fraction of sp³-hybridized carbons (Fsp3) is 0.318. The Labute approximate surface area is 183 Å². The van der Waals surface area contributed by atoms with Crippen LogP contribution in [0.1, 0.15) is 30.6 Å². The molecular formula is C22H21N3O7. The van der Waals surface area contributed by atoms with Crippen LogP contribution in [0.3, 0.4) is 0 Å². The fourth-order valence-electron chi connectivity index (χ4n) is 3.77. The average molecular weight is 439 g/mol. The maximum atomic E-state index is 13.1. The monoisotopic (exact) mass is 439 g/mol. The van der Waals surface area contributed by atoms with Crippen molar-refractivity contribution in [2.24, 2.45) is 0 Å². The number of nitro groups is 1. The molecule has 2 aromatic rings. The van der Waals surface area contributed by atoms with Crippen LogP contribution in [0, 0.1) is 10.1 Å². The lowest BCUT2D eigenvalue weighted by atomic mass is 10.0. The van der Waals surface area contributed by atoms with E-state index in [4.69, 9.17) is 9.47 Å². The Hall–Kier alpha value is -3.95. The van der Waals surface area contributed by atoms with E-state index in [1.165, 1.54) is 34.1 Å². The molecule has 2 aliphatic rings. The molecule has 2 amide bonds. The molecule has 2 unspecified atom stereocenters. The molecule has 0 saturated heterocycles. The topological polar surface area (TPSA) is 119 Å². The van der Waals surface area contributed by atoms with Gasteiger partial charge in [-0.2, -0.15) is 0 Å². The number of Topliss-reactive ketones (excluding diaryl/α,β-unsaturated/α-hetero) is 1. The van der Waals surface area contributed by atoms with E-state index < -0.39 is 28.8 Å². The average Bonchev–Trinajstić information content (AvgIpc) is 2.78. The van der Waals surface area contributed by atoms with Gasteiger partial charge in [-0.05, 0) is 37.6 Å². The summed E-state index contributed by atoms with van der Waals surface area (Å²) in [6.07, 6.45) is -1.04. The first-order chi connectivity index (χ1) is 15.2. The summed E-state index contributed by atoms with van der Waals surface area (Å²) in [5.41, 5.74) is 0.688. The first kappa shape index (κ1) is 21.3. The molecule has 0 saturated carbocycles. The number of anilines is 2. The zero-order valence-electron chi connectivity index (χ0n) is 17.7. The van der Waals surface area contributed by atoms with Crippen LogP contribution in [0.15, 0.2) is 36.4 Å². The highest BCUT2D eigenvalue weighted by Gasteiger charge is 2.36. The van der Waals surface area contributed by atoms with Gasteiger partial charge in [-0.3, -0.25) is 29.4 Å². The molecule has 0 N–H and O–H groups in total. The Morgan fingerprint density at radius 3 is 2.44 bits per heavy atom. The van der Waals surface area contributed by atoms with E-state index in [-0.39, 0.29) is 29.4 Å². The lowest BCUT2D eigenvalue weighted by molar-refractivity contribution is -0.384. The summed E-state index contributed by atoms with van der Waals surface area (Å²) < 4.78 is 11.2. The molecule has 4 rings (SSSR count). The summed E-state index contributed by atoms with van der Waals surface area (Å²) in [4.78, 5) is 51.5. The molecule has 2 aromatic carbocycles. The Kier molecular flexibility index (Phi) is 5.29. The quantitative estimate of drug-likeness (QED) is 0.399. The second-order valence-corrected chi connectivity index (χ2v) is 7.61. The molecule has 0 aromatic heterocycles. The maximum Gasteiger partial charge on any atom is 0.271 e. The van der Waals surface area contributed by atoms with Crippen LogP contribution >= 0.6 is 0 Å². The number of ether oxygens (including phenoxy) is 2. The molecule has 0 radical (unpaired) electrons. The molecule has 2 aliphatic heterocycles. The minimum atomic E-state index is -0.793. The van der Waals surface area contributed by atoms with Gasteiger partial charge in [0.2, 0.25) is 0 Å². The predicted molar refractivity (Wildman–Crippen MR) is 114 cm³/mol. The molecule has 0 spiro atoms. The zero-order chi connectivity index (χ0) is 23.2. The molecule has 2 atom stereocenters. The minimum absolute atomic E-state index is 0.171. The summed E-state index contributed by atoms with van der Waals surface area (Å²) in [6, 6.07) is 8.65. The fourth-order valence-corrected chi connectivity index (χ4v) is 3.77. The number of non-ortho nitro benzene ring substituents is 1. The van der Waals surface area contributed by atoms with E-state index in [0.717, 1.165) is 0 Å². The number of carbonyl (C=O) groups is 3. The second kappa shape index (κ2) is 7.95. The molecule has 10 heteroatoms. The highest BCUT2D eigenvalue weighted by molar-refractivity contribution is 6.09. The van der Waals surface area contributed by atoms with Gasteiger partial charge in [0.25, 0.3) is 17.5 Å². The van der Waals surface area contributed by atoms with Crippen LogP contribution in [-0.4, -0.2) is 48.3 Å². The highest BCUT2D eigenvalue weighted by Crippen LogP contribution is 2.38. The van der Waals surface area contributed by atoms with E-state index in [1.807, 2.05) is 0 Å². The summed E-state index contributed by atoms with van der Waals surface area (Å²) in [5.74, 6) is -0.304. The number of nitrogens with zero attached hydrogens (tertiary/aromatic N) is 3. The molecular weight excluding hydrogens is 418 g/mol. The third-order valence-corrected chi connectivity index (χ3v) is 5.55. The van der Waals surface area contributed by atoms with Crippen molar-refractivity contribution in [1.29, 1.82) is 0 Å². The Morgan fingerprint density at radius 1 is 1.06 bits per heavy atom. The summed E-state index contributed by atoms with van der Waals surface area (Å²) in [6.45, 7) is 3.09. The Morgan fingerprint density at radius 2 is 1.75 bits per heavy atom. The van der Waals surface area contributed by atoms with E-state index >= 15 is 0 Å². The number of nitro benzene ring substituents is 1. The van der Waals surface area contributed by atoms with Crippen LogP contribution in [0.25, 0.3) is 0 Å². The number of benzene rings is 2. The second-order valence-electron chi connectivity index (χ2n) is 7.61. The lowest BCUT2D eigenvalue weighted by Gasteiger charge is -2.33. The third-order valence-electron chi connectivity index (χ3n) is 5.55. The molecule has 32 heavy (non-hydrogen) atoms. The van der Waals surface area contributed by atoms with Crippen LogP contribution in [-0.2, 0) is 9.59 Å². The maximum absolute atomic E-state index is 13.1. The molecule has 2 heterocycles. The molecule has 0 aliphatic carbocycles. The number of likely N-dealkylation sites (N-methyl/N-ethyl adjacent to an activating group) is 1. The van der Waals surface area contributed by atoms with E-state index in [1.54, 1.807) is 33.0 Å². The van der Waals surface area contributed by atoms with Gasteiger partial charge in [-0.15, -0.1) is 0 Å². The van der Waals surface area contributed by atoms with Gasteiger partial charge in [0.15, 0.2) is 18.0 Å². The third kappa shape index (κ3) is 3.53. The first-order valence-electron chi connectivity index (χ1n) is 10.1. The van der Waals surface area contributed by atoms with Crippen LogP contribution in [0.4, 0.5) is 17.1 Å². The van der Waals surface area contributed by atoms with Crippen molar-refractivity contribution in [2.75, 3.05) is 23.4 Å². The smallest absolute Gasteiger partial charge is 0.271 e. The van der Waals surface area contributed by atoms with Gasteiger partial charge < -0.3 is 14.4 Å². The molecule has 0 fully saturated rings. The van der Waals surface area contributed by atoms with Gasteiger partial charge in [0.05, 0.1) is 22.8 Å². The van der Waals surface area contributed by atoms with E-state index in [2.05, 4.69) is 0 Å². The van der Waals surface area contributed by atoms with Crippen molar-refractivity contribution < 1.29 is 28.8 Å². The Balaban J connectivity index is 1.67. The molecule has 10 nitrogen and oxygen atoms in total. The Bertz CT molecular complexity index is 1150. The SMILES string of the molecule is CCC1Oc2ccc([N+](=O)[O-])cc2N(CC(=O)c2ccc3c(c2)N(C)C(=O)C(C)O3)C1=O. The summed E-state index contributed by atoms with van der Waals surface area (Å²) >= 11 is 0. The van der Waals surface area contributed by atoms with E-state index in [9.17, 15) is 24.5 Å². The predicted octanol–water partition coefficient (Wildman–Crippen LogP) is 2.73. The largest absolute Gasteiger partial charge is 0.479 e. The van der Waals surface area contributed by atoms with Gasteiger partial charge >= 0.3 is 0 Å². The van der Waals surface area contributed by atoms with Crippen LogP contribution in [0.2, 0.25) is 0 Å². The first-order valence-corrected chi connectivity index (χ1v) is 10.1. The number of fused-ring (bicyclic) bond motifs is 2. The minimum Gasteiger partial charge on any atom is -0.479 e. The van der Waals surface area contributed by atoms with Crippen molar-refractivity contribution in [2.45, 2.75) is 32.5 Å². The van der Waals surface area contributed by atoms with E-state index in [0.29, 0.717) is 23.6 Å². The van der Waals surface area contributed by atoms with Crippen LogP contribution < -0.4 is 19.3 Å². The van der Waals surface area contributed by atoms with Crippen molar-refractivity contribution >= 4 is 34.7 Å².